The topological polar surface area (TPSA) is 111 Å². The number of aliphatic carboxylic acids is 1. The van der Waals surface area contributed by atoms with Crippen molar-refractivity contribution in [2.24, 2.45) is 0 Å². The summed E-state index contributed by atoms with van der Waals surface area (Å²) in [5, 5.41) is 20.4. The van der Waals surface area contributed by atoms with Gasteiger partial charge in [0.05, 0.1) is 16.7 Å². The number of para-hydroxylation sites is 1. The van der Waals surface area contributed by atoms with E-state index in [0.717, 1.165) is 0 Å². The molecule has 0 spiro atoms. The second-order valence-corrected chi connectivity index (χ2v) is 5.10. The summed E-state index contributed by atoms with van der Waals surface area (Å²) in [5.41, 5.74) is -0.764. The zero-order valence-corrected chi connectivity index (χ0v) is 12.3. The third-order valence-electron chi connectivity index (χ3n) is 3.54. The van der Waals surface area contributed by atoms with Crippen LogP contribution >= 0.6 is 0 Å². The van der Waals surface area contributed by atoms with Gasteiger partial charge in [-0.3, -0.25) is 19.7 Å². The van der Waals surface area contributed by atoms with Gasteiger partial charge in [0.2, 0.25) is 5.76 Å². The van der Waals surface area contributed by atoms with Gasteiger partial charge >= 0.3 is 11.7 Å². The van der Waals surface area contributed by atoms with E-state index < -0.39 is 22.0 Å². The highest BCUT2D eigenvalue weighted by Gasteiger charge is 2.26. The minimum atomic E-state index is -1.09. The summed E-state index contributed by atoms with van der Waals surface area (Å²) in [6.07, 6.45) is -0.355. The van der Waals surface area contributed by atoms with Crippen molar-refractivity contribution in [3.63, 3.8) is 0 Å². The van der Waals surface area contributed by atoms with Crippen LogP contribution in [0.5, 0.6) is 0 Å². The summed E-state index contributed by atoms with van der Waals surface area (Å²) in [7, 11) is 0. The van der Waals surface area contributed by atoms with Gasteiger partial charge in [-0.25, -0.2) is 0 Å². The highest BCUT2D eigenvalue weighted by molar-refractivity contribution is 5.88. The van der Waals surface area contributed by atoms with Crippen molar-refractivity contribution >= 4 is 22.6 Å². The fourth-order valence-electron chi connectivity index (χ4n) is 2.52. The summed E-state index contributed by atoms with van der Waals surface area (Å²) in [6.45, 7) is 0. The first kappa shape index (κ1) is 15.4. The molecule has 2 aromatic carbocycles. The van der Waals surface area contributed by atoms with E-state index in [4.69, 9.17) is 9.52 Å². The Kier molecular flexibility index (Phi) is 3.83. The number of hydrogen-bond donors (Lipinski definition) is 1. The zero-order valence-electron chi connectivity index (χ0n) is 12.3. The van der Waals surface area contributed by atoms with Crippen molar-refractivity contribution in [1.29, 1.82) is 0 Å². The van der Waals surface area contributed by atoms with Crippen molar-refractivity contribution in [3.8, 4) is 11.3 Å². The molecule has 0 aliphatic rings. The third kappa shape index (κ3) is 2.63. The minimum absolute atomic E-state index is 0.0138. The molecule has 0 saturated carbocycles. The Morgan fingerprint density at radius 1 is 1.12 bits per heavy atom. The van der Waals surface area contributed by atoms with Gasteiger partial charge < -0.3 is 9.52 Å². The Morgan fingerprint density at radius 2 is 1.83 bits per heavy atom. The summed E-state index contributed by atoms with van der Waals surface area (Å²) >= 11 is 0. The van der Waals surface area contributed by atoms with E-state index in [-0.39, 0.29) is 28.7 Å². The lowest BCUT2D eigenvalue weighted by Crippen LogP contribution is -2.11. The number of nitrogens with zero attached hydrogens (tertiary/aromatic N) is 1. The lowest BCUT2D eigenvalue weighted by Gasteiger charge is -2.07. The average Bonchev–Trinajstić information content (AvgIpc) is 2.55. The minimum Gasteiger partial charge on any atom is -0.481 e. The predicted octanol–water partition coefficient (Wildman–Crippen LogP) is 3.00. The summed E-state index contributed by atoms with van der Waals surface area (Å²) in [6, 6.07) is 12.6. The van der Waals surface area contributed by atoms with Crippen LogP contribution in [0.2, 0.25) is 0 Å². The first-order chi connectivity index (χ1) is 11.5. The predicted molar refractivity (Wildman–Crippen MR) is 85.9 cm³/mol. The molecule has 0 aliphatic heterocycles. The molecule has 1 heterocycles. The molecule has 0 amide bonds. The van der Waals surface area contributed by atoms with Crippen molar-refractivity contribution in [1.82, 2.24) is 0 Å². The van der Waals surface area contributed by atoms with Gasteiger partial charge in [-0.1, -0.05) is 42.5 Å². The molecule has 0 bridgehead atoms. The fourth-order valence-corrected chi connectivity index (χ4v) is 2.52. The van der Waals surface area contributed by atoms with E-state index in [1.165, 1.54) is 18.2 Å². The quantitative estimate of drug-likeness (QED) is 0.583. The first-order valence-electron chi connectivity index (χ1n) is 6.99. The number of carbonyl (C=O) groups is 1. The van der Waals surface area contributed by atoms with E-state index in [1.807, 2.05) is 0 Å². The number of benzene rings is 2. The van der Waals surface area contributed by atoms with Crippen LogP contribution in [0.3, 0.4) is 0 Å². The maximum atomic E-state index is 12.6. The second-order valence-electron chi connectivity index (χ2n) is 5.10. The molecule has 120 valence electrons. The smallest absolute Gasteiger partial charge is 0.359 e. The molecule has 3 aromatic rings. The molecule has 1 aromatic heterocycles. The van der Waals surface area contributed by atoms with E-state index in [1.54, 1.807) is 30.3 Å². The standard InChI is InChI=1S/C17H11NO6/c19-13(20)9-11-7-4-8-12-15(21)14(18(22)23)17(24-16(11)12)10-5-2-1-3-6-10/h1-8H,9H2,(H,19,20). The molecule has 3 rings (SSSR count). The monoisotopic (exact) mass is 325 g/mol. The van der Waals surface area contributed by atoms with Gasteiger partial charge in [-0.05, 0) is 6.07 Å². The summed E-state index contributed by atoms with van der Waals surface area (Å²) < 4.78 is 5.65. The summed E-state index contributed by atoms with van der Waals surface area (Å²) in [4.78, 5) is 34.1. The highest BCUT2D eigenvalue weighted by atomic mass is 16.6. The van der Waals surface area contributed by atoms with Crippen LogP contribution in [0.15, 0.2) is 57.7 Å². The number of nitro groups is 1. The fraction of sp³-hybridized carbons (Fsp3) is 0.0588. The van der Waals surface area contributed by atoms with Gasteiger partial charge in [0, 0.05) is 11.1 Å². The van der Waals surface area contributed by atoms with Gasteiger partial charge in [0.15, 0.2) is 0 Å². The van der Waals surface area contributed by atoms with Crippen LogP contribution in [0.25, 0.3) is 22.3 Å². The molecule has 24 heavy (non-hydrogen) atoms. The van der Waals surface area contributed by atoms with Crippen molar-refractivity contribution < 1.29 is 19.2 Å². The van der Waals surface area contributed by atoms with Crippen LogP contribution in [0, 0.1) is 10.1 Å². The van der Waals surface area contributed by atoms with Crippen molar-refractivity contribution in [2.45, 2.75) is 6.42 Å². The average molecular weight is 325 g/mol. The van der Waals surface area contributed by atoms with Gasteiger partial charge in [-0.15, -0.1) is 0 Å². The number of carboxylic acids is 1. The molecular formula is C17H11NO6. The Morgan fingerprint density at radius 3 is 2.46 bits per heavy atom. The third-order valence-corrected chi connectivity index (χ3v) is 3.54. The van der Waals surface area contributed by atoms with Crippen molar-refractivity contribution in [2.75, 3.05) is 0 Å². The molecular weight excluding hydrogens is 314 g/mol. The van der Waals surface area contributed by atoms with Crippen LogP contribution in [0.1, 0.15) is 5.56 Å². The molecule has 0 saturated heterocycles. The zero-order chi connectivity index (χ0) is 17.3. The van der Waals surface area contributed by atoms with Crippen LogP contribution in [-0.4, -0.2) is 16.0 Å². The van der Waals surface area contributed by atoms with Crippen molar-refractivity contribution in [3.05, 3.63) is 74.4 Å². The number of fused-ring (bicyclic) bond motifs is 1. The van der Waals surface area contributed by atoms with Gasteiger partial charge in [0.25, 0.3) is 5.43 Å². The Hall–Kier alpha value is -3.48. The molecule has 7 heteroatoms. The largest absolute Gasteiger partial charge is 0.481 e. The SMILES string of the molecule is O=C(O)Cc1cccc2c(=O)c([N+](=O)[O-])c(-c3ccccc3)oc12. The Balaban J connectivity index is 2.42. The second kappa shape index (κ2) is 5.96. The molecule has 0 atom stereocenters. The van der Waals surface area contributed by atoms with E-state index in [0.29, 0.717) is 5.56 Å². The molecule has 0 radical (unpaired) electrons. The molecule has 1 N–H and O–H groups in total. The van der Waals surface area contributed by atoms with Crippen LogP contribution in [0.4, 0.5) is 5.69 Å². The number of hydrogen-bond acceptors (Lipinski definition) is 5. The number of rotatable bonds is 4. The van der Waals surface area contributed by atoms with Crippen LogP contribution in [-0.2, 0) is 11.2 Å². The van der Waals surface area contributed by atoms with E-state index >= 15 is 0 Å². The lowest BCUT2D eigenvalue weighted by atomic mass is 10.1. The maximum Gasteiger partial charge on any atom is 0.359 e. The normalized spacial score (nSPS) is 10.7. The lowest BCUT2D eigenvalue weighted by molar-refractivity contribution is -0.386. The van der Waals surface area contributed by atoms with Gasteiger partial charge in [-0.2, -0.15) is 0 Å². The Labute approximate surface area is 134 Å². The van der Waals surface area contributed by atoms with E-state index in [9.17, 15) is 19.7 Å². The Bertz CT molecular complexity index is 1010. The summed E-state index contributed by atoms with van der Waals surface area (Å²) in [5.74, 6) is -1.28. The first-order valence-corrected chi connectivity index (χ1v) is 6.99. The van der Waals surface area contributed by atoms with Gasteiger partial charge in [0.1, 0.15) is 5.58 Å². The maximum absolute atomic E-state index is 12.6. The molecule has 0 unspecified atom stereocenters. The number of carboxylic acid groups (broad SMARTS) is 1. The van der Waals surface area contributed by atoms with Crippen LogP contribution < -0.4 is 5.43 Å². The van der Waals surface area contributed by atoms with E-state index in [2.05, 4.69) is 0 Å². The highest BCUT2D eigenvalue weighted by Crippen LogP contribution is 2.31. The molecule has 0 fully saturated rings. The molecule has 7 nitrogen and oxygen atoms in total. The molecule has 0 aliphatic carbocycles.